The molecule has 0 N–H and O–H groups in total. The zero-order chi connectivity index (χ0) is 19.1. The second kappa shape index (κ2) is 7.01. The van der Waals surface area contributed by atoms with E-state index in [4.69, 9.17) is 4.98 Å². The van der Waals surface area contributed by atoms with Crippen molar-refractivity contribution in [3.05, 3.63) is 65.5 Å². The summed E-state index contributed by atoms with van der Waals surface area (Å²) in [6, 6.07) is 16.9. The highest BCUT2D eigenvalue weighted by Gasteiger charge is 2.29. The van der Waals surface area contributed by atoms with Gasteiger partial charge in [-0.05, 0) is 42.0 Å². The number of hydrogen-bond acceptors (Lipinski definition) is 4. The molecule has 1 aromatic heterocycles. The van der Waals surface area contributed by atoms with Gasteiger partial charge in [0.15, 0.2) is 9.84 Å². The Morgan fingerprint density at radius 2 is 1.82 bits per heavy atom. The molecular formula is C22H25N3O2S. The van der Waals surface area contributed by atoms with Crippen LogP contribution in [0.2, 0.25) is 0 Å². The number of fused-ring (bicyclic) bond motifs is 2. The predicted molar refractivity (Wildman–Crippen MR) is 111 cm³/mol. The minimum absolute atomic E-state index is 0.183. The molecule has 3 heterocycles. The molecule has 2 aliphatic rings. The summed E-state index contributed by atoms with van der Waals surface area (Å²) in [5.41, 5.74) is 4.99. The molecule has 0 aliphatic carbocycles. The van der Waals surface area contributed by atoms with E-state index in [-0.39, 0.29) is 5.92 Å². The first-order valence-corrected chi connectivity index (χ1v) is 11.8. The summed E-state index contributed by atoms with van der Waals surface area (Å²) in [5.74, 6) is 1.82. The molecule has 2 aromatic carbocycles. The lowest BCUT2D eigenvalue weighted by atomic mass is 10.0. The zero-order valence-corrected chi connectivity index (χ0v) is 16.7. The van der Waals surface area contributed by atoms with Crippen molar-refractivity contribution < 1.29 is 8.42 Å². The van der Waals surface area contributed by atoms with Crippen LogP contribution in [-0.2, 0) is 35.9 Å². The number of para-hydroxylation sites is 2. The Bertz CT molecular complexity index is 1120. The first kappa shape index (κ1) is 17.9. The van der Waals surface area contributed by atoms with Crippen LogP contribution in [0, 0.1) is 5.92 Å². The van der Waals surface area contributed by atoms with E-state index in [1.165, 1.54) is 11.1 Å². The Balaban J connectivity index is 1.43. The molecule has 1 saturated heterocycles. The summed E-state index contributed by atoms with van der Waals surface area (Å²) in [7, 11) is -2.87. The molecule has 5 nitrogen and oxygen atoms in total. The van der Waals surface area contributed by atoms with Crippen molar-refractivity contribution in [2.75, 3.05) is 18.1 Å². The lowest BCUT2D eigenvalue weighted by molar-refractivity contribution is 0.199. The Hall–Kier alpha value is -2.18. The minimum atomic E-state index is -2.87. The van der Waals surface area contributed by atoms with Gasteiger partial charge in [0.05, 0.1) is 29.2 Å². The minimum Gasteiger partial charge on any atom is -0.314 e. The summed E-state index contributed by atoms with van der Waals surface area (Å²) in [5, 5.41) is 0. The van der Waals surface area contributed by atoms with Crippen LogP contribution in [0.4, 0.5) is 0 Å². The van der Waals surface area contributed by atoms with Crippen LogP contribution in [0.15, 0.2) is 48.5 Å². The van der Waals surface area contributed by atoms with Gasteiger partial charge >= 0.3 is 0 Å². The van der Waals surface area contributed by atoms with Gasteiger partial charge in [-0.15, -0.1) is 0 Å². The Morgan fingerprint density at radius 1 is 1.04 bits per heavy atom. The topological polar surface area (TPSA) is 55.2 Å². The largest absolute Gasteiger partial charge is 0.314 e. The third kappa shape index (κ3) is 3.47. The van der Waals surface area contributed by atoms with Crippen LogP contribution in [0.1, 0.15) is 23.4 Å². The van der Waals surface area contributed by atoms with E-state index in [2.05, 4.69) is 45.9 Å². The number of rotatable bonds is 4. The molecule has 1 atom stereocenters. The molecule has 2 aliphatic heterocycles. The molecule has 0 unspecified atom stereocenters. The summed E-state index contributed by atoms with van der Waals surface area (Å²) >= 11 is 0. The average molecular weight is 396 g/mol. The van der Waals surface area contributed by atoms with Gasteiger partial charge in [-0.1, -0.05) is 36.4 Å². The maximum absolute atomic E-state index is 11.9. The van der Waals surface area contributed by atoms with Crippen molar-refractivity contribution in [3.63, 3.8) is 0 Å². The molecule has 0 saturated carbocycles. The monoisotopic (exact) mass is 395 g/mol. The van der Waals surface area contributed by atoms with E-state index in [1.807, 2.05) is 12.1 Å². The van der Waals surface area contributed by atoms with Crippen molar-refractivity contribution in [1.82, 2.24) is 14.5 Å². The number of aromatic nitrogens is 2. The van der Waals surface area contributed by atoms with E-state index in [0.717, 1.165) is 55.9 Å². The molecule has 1 fully saturated rings. The van der Waals surface area contributed by atoms with Crippen molar-refractivity contribution in [2.45, 2.75) is 32.5 Å². The standard InChI is InChI=1S/C22H25N3O2S/c26-28(27)12-10-17(15-28)13-22-23-20-7-3-4-8-21(20)25(22)16-24-11-9-18-5-1-2-6-19(18)14-24/h1-8,17H,9-16H2/t17-/m0/s1. The van der Waals surface area contributed by atoms with Gasteiger partial charge in [0.1, 0.15) is 5.82 Å². The second-order valence-electron chi connectivity index (χ2n) is 8.13. The molecule has 0 radical (unpaired) electrons. The van der Waals surface area contributed by atoms with E-state index in [1.54, 1.807) is 0 Å². The fourth-order valence-corrected chi connectivity index (χ4v) is 6.47. The average Bonchev–Trinajstić information content (AvgIpc) is 3.21. The van der Waals surface area contributed by atoms with Crippen LogP contribution in [0.3, 0.4) is 0 Å². The van der Waals surface area contributed by atoms with Crippen LogP contribution in [-0.4, -0.2) is 40.9 Å². The maximum atomic E-state index is 11.9. The number of sulfone groups is 1. The van der Waals surface area contributed by atoms with E-state index >= 15 is 0 Å². The highest BCUT2D eigenvalue weighted by molar-refractivity contribution is 7.91. The van der Waals surface area contributed by atoms with Crippen molar-refractivity contribution in [2.24, 2.45) is 5.92 Å². The Morgan fingerprint density at radius 3 is 2.64 bits per heavy atom. The molecule has 0 spiro atoms. The number of hydrogen-bond donors (Lipinski definition) is 0. The van der Waals surface area contributed by atoms with Gasteiger partial charge < -0.3 is 4.57 Å². The summed E-state index contributed by atoms with van der Waals surface area (Å²) in [6.07, 6.45) is 2.56. The van der Waals surface area contributed by atoms with E-state index in [9.17, 15) is 8.42 Å². The van der Waals surface area contributed by atoms with Crippen molar-refractivity contribution >= 4 is 20.9 Å². The van der Waals surface area contributed by atoms with Gasteiger partial charge in [0.25, 0.3) is 0 Å². The van der Waals surface area contributed by atoms with Gasteiger partial charge in [0, 0.05) is 19.5 Å². The van der Waals surface area contributed by atoms with Crippen molar-refractivity contribution in [1.29, 1.82) is 0 Å². The predicted octanol–water partition coefficient (Wildman–Crippen LogP) is 3.03. The SMILES string of the molecule is O=S1(=O)CC[C@@H](Cc2nc3ccccc3n2CN2CCc3ccccc3C2)C1. The summed E-state index contributed by atoms with van der Waals surface area (Å²) in [6.45, 7) is 2.77. The molecule has 0 bridgehead atoms. The smallest absolute Gasteiger partial charge is 0.150 e. The van der Waals surface area contributed by atoms with Crippen LogP contribution < -0.4 is 0 Å². The highest BCUT2D eigenvalue weighted by Crippen LogP contribution is 2.26. The number of benzene rings is 2. The van der Waals surface area contributed by atoms with Gasteiger partial charge in [-0.3, -0.25) is 4.90 Å². The van der Waals surface area contributed by atoms with Crippen LogP contribution in [0.5, 0.6) is 0 Å². The van der Waals surface area contributed by atoms with E-state index < -0.39 is 9.84 Å². The fraction of sp³-hybridized carbons (Fsp3) is 0.409. The number of nitrogens with zero attached hydrogens (tertiary/aromatic N) is 3. The highest BCUT2D eigenvalue weighted by atomic mass is 32.2. The molecule has 0 amide bonds. The Labute approximate surface area is 165 Å². The van der Waals surface area contributed by atoms with Gasteiger partial charge in [0.2, 0.25) is 0 Å². The zero-order valence-electron chi connectivity index (χ0n) is 15.9. The quantitative estimate of drug-likeness (QED) is 0.681. The van der Waals surface area contributed by atoms with E-state index in [0.29, 0.717) is 11.5 Å². The molecular weight excluding hydrogens is 370 g/mol. The number of imidazole rings is 1. The normalized spacial score (nSPS) is 21.8. The fourth-order valence-electron chi connectivity index (χ4n) is 4.61. The maximum Gasteiger partial charge on any atom is 0.150 e. The molecule has 146 valence electrons. The first-order chi connectivity index (χ1) is 13.6. The lowest BCUT2D eigenvalue weighted by Gasteiger charge is -2.29. The van der Waals surface area contributed by atoms with Crippen LogP contribution >= 0.6 is 0 Å². The first-order valence-electron chi connectivity index (χ1n) is 10.0. The van der Waals surface area contributed by atoms with Gasteiger partial charge in [-0.2, -0.15) is 0 Å². The summed E-state index contributed by atoms with van der Waals surface area (Å²) < 4.78 is 26.1. The molecule has 6 heteroatoms. The summed E-state index contributed by atoms with van der Waals surface area (Å²) in [4.78, 5) is 7.34. The second-order valence-corrected chi connectivity index (χ2v) is 10.4. The third-order valence-corrected chi connectivity index (χ3v) is 7.92. The molecule has 28 heavy (non-hydrogen) atoms. The van der Waals surface area contributed by atoms with Gasteiger partial charge in [-0.25, -0.2) is 13.4 Å². The third-order valence-electron chi connectivity index (χ3n) is 6.08. The lowest BCUT2D eigenvalue weighted by Crippen LogP contribution is -2.33. The molecule has 5 rings (SSSR count). The Kier molecular flexibility index (Phi) is 4.48. The van der Waals surface area contributed by atoms with Crippen LogP contribution in [0.25, 0.3) is 11.0 Å². The van der Waals surface area contributed by atoms with Crippen molar-refractivity contribution in [3.8, 4) is 0 Å². The molecule has 3 aromatic rings.